The largest absolute Gasteiger partial charge is 0.491 e. The maximum Gasteiger partial charge on any atom is 0.167 e. The van der Waals surface area contributed by atoms with E-state index >= 15 is 0 Å². The molecule has 0 atom stereocenters. The van der Waals surface area contributed by atoms with E-state index in [0.717, 1.165) is 12.8 Å². The summed E-state index contributed by atoms with van der Waals surface area (Å²) >= 11 is 0. The smallest absolute Gasteiger partial charge is 0.167 e. The van der Waals surface area contributed by atoms with Gasteiger partial charge in [0, 0.05) is 18.2 Å². The molecule has 0 radical (unpaired) electrons. The van der Waals surface area contributed by atoms with Gasteiger partial charge in [-0.25, -0.2) is 4.39 Å². The molecule has 0 aromatic heterocycles. The summed E-state index contributed by atoms with van der Waals surface area (Å²) in [5.41, 5.74) is 5.77. The second-order valence-electron chi connectivity index (χ2n) is 3.15. The number of hydrogen-bond acceptors (Lipinski definition) is 3. The number of benzene rings is 1. The molecule has 80 valence electrons. The van der Waals surface area contributed by atoms with E-state index in [2.05, 4.69) is 0 Å². The van der Waals surface area contributed by atoms with Gasteiger partial charge in [0.2, 0.25) is 0 Å². The van der Waals surface area contributed by atoms with Crippen LogP contribution >= 0.6 is 0 Å². The minimum atomic E-state index is -0.449. The van der Waals surface area contributed by atoms with Gasteiger partial charge in [-0.05, 0) is 25.0 Å². The number of halogens is 1. The van der Waals surface area contributed by atoms with Crippen molar-refractivity contribution in [2.75, 3.05) is 12.3 Å². The van der Waals surface area contributed by atoms with Crippen molar-refractivity contribution in [3.8, 4) is 11.8 Å². The van der Waals surface area contributed by atoms with Crippen molar-refractivity contribution in [2.45, 2.75) is 19.3 Å². The van der Waals surface area contributed by atoms with Gasteiger partial charge in [-0.3, -0.25) is 0 Å². The molecule has 1 aromatic rings. The fourth-order valence-corrected chi connectivity index (χ4v) is 1.12. The highest BCUT2D eigenvalue weighted by atomic mass is 19.1. The Kier molecular flexibility index (Phi) is 4.42. The quantitative estimate of drug-likeness (QED) is 0.597. The summed E-state index contributed by atoms with van der Waals surface area (Å²) in [5.74, 6) is -0.239. The second kappa shape index (κ2) is 5.86. The minimum Gasteiger partial charge on any atom is -0.491 e. The van der Waals surface area contributed by atoms with E-state index in [1.165, 1.54) is 12.1 Å². The van der Waals surface area contributed by atoms with Crippen LogP contribution in [0.4, 0.5) is 10.1 Å². The molecule has 0 saturated heterocycles. The molecule has 0 saturated carbocycles. The average Bonchev–Trinajstić information content (AvgIpc) is 2.20. The number of nitrogen functional groups attached to an aromatic ring is 1. The summed E-state index contributed by atoms with van der Waals surface area (Å²) in [7, 11) is 0. The molecule has 1 rings (SSSR count). The Morgan fingerprint density at radius 2 is 2.20 bits per heavy atom. The van der Waals surface area contributed by atoms with Gasteiger partial charge in [0.1, 0.15) is 0 Å². The zero-order chi connectivity index (χ0) is 11.1. The van der Waals surface area contributed by atoms with Gasteiger partial charge >= 0.3 is 0 Å². The van der Waals surface area contributed by atoms with Crippen molar-refractivity contribution in [1.29, 1.82) is 5.26 Å². The van der Waals surface area contributed by atoms with Gasteiger partial charge in [-0.2, -0.15) is 5.26 Å². The molecule has 0 aliphatic rings. The third-order valence-corrected chi connectivity index (χ3v) is 1.90. The molecule has 0 spiro atoms. The van der Waals surface area contributed by atoms with Gasteiger partial charge in [-0.15, -0.1) is 0 Å². The van der Waals surface area contributed by atoms with E-state index in [-0.39, 0.29) is 5.75 Å². The maximum atomic E-state index is 13.2. The first-order valence-corrected chi connectivity index (χ1v) is 4.79. The fraction of sp³-hybridized carbons (Fsp3) is 0.364. The van der Waals surface area contributed by atoms with E-state index in [4.69, 9.17) is 15.7 Å². The van der Waals surface area contributed by atoms with E-state index < -0.39 is 5.82 Å². The van der Waals surface area contributed by atoms with Crippen molar-refractivity contribution in [3.05, 3.63) is 24.0 Å². The van der Waals surface area contributed by atoms with Gasteiger partial charge < -0.3 is 10.5 Å². The predicted molar refractivity (Wildman–Crippen MR) is 55.8 cm³/mol. The molecule has 2 N–H and O–H groups in total. The zero-order valence-corrected chi connectivity index (χ0v) is 8.37. The van der Waals surface area contributed by atoms with Crippen molar-refractivity contribution in [1.82, 2.24) is 0 Å². The molecule has 4 heteroatoms. The Labute approximate surface area is 88.3 Å². The van der Waals surface area contributed by atoms with Crippen molar-refractivity contribution < 1.29 is 9.13 Å². The lowest BCUT2D eigenvalue weighted by atomic mass is 10.2. The topological polar surface area (TPSA) is 59.0 Å². The summed E-state index contributed by atoms with van der Waals surface area (Å²) in [4.78, 5) is 0. The van der Waals surface area contributed by atoms with Crippen LogP contribution in [0.25, 0.3) is 0 Å². The number of ether oxygens (including phenoxy) is 1. The van der Waals surface area contributed by atoms with Crippen molar-refractivity contribution >= 4 is 5.69 Å². The van der Waals surface area contributed by atoms with Gasteiger partial charge in [0.15, 0.2) is 11.6 Å². The van der Waals surface area contributed by atoms with Crippen LogP contribution < -0.4 is 10.5 Å². The van der Waals surface area contributed by atoms with E-state index in [0.29, 0.717) is 18.7 Å². The minimum absolute atomic E-state index is 0.209. The van der Waals surface area contributed by atoms with E-state index in [1.807, 2.05) is 6.07 Å². The number of nitriles is 1. The van der Waals surface area contributed by atoms with Crippen LogP contribution in [0, 0.1) is 17.1 Å². The first kappa shape index (κ1) is 11.3. The number of unbranched alkanes of at least 4 members (excludes halogenated alkanes) is 2. The van der Waals surface area contributed by atoms with Gasteiger partial charge in [0.25, 0.3) is 0 Å². The Morgan fingerprint density at radius 3 is 2.87 bits per heavy atom. The average molecular weight is 208 g/mol. The highest BCUT2D eigenvalue weighted by Gasteiger charge is 2.02. The number of nitrogens with two attached hydrogens (primary N) is 1. The summed E-state index contributed by atoms with van der Waals surface area (Å²) in [6.45, 7) is 0.419. The molecule has 0 heterocycles. The number of rotatable bonds is 5. The summed E-state index contributed by atoms with van der Waals surface area (Å²) in [5, 5.41) is 8.29. The molecular weight excluding hydrogens is 195 g/mol. The standard InChI is InChI=1S/C11H13FN2O/c12-10-8-9(14)4-5-11(10)15-7-3-1-2-6-13/h4-5,8H,1-3,7,14H2. The molecular formula is C11H13FN2O. The molecule has 0 unspecified atom stereocenters. The van der Waals surface area contributed by atoms with Crippen LogP contribution in [0.1, 0.15) is 19.3 Å². The molecule has 3 nitrogen and oxygen atoms in total. The fourth-order valence-electron chi connectivity index (χ4n) is 1.12. The monoisotopic (exact) mass is 208 g/mol. The lowest BCUT2D eigenvalue weighted by Crippen LogP contribution is -1.99. The van der Waals surface area contributed by atoms with Crippen LogP contribution in [0.3, 0.4) is 0 Å². The van der Waals surface area contributed by atoms with Gasteiger partial charge in [0.05, 0.1) is 12.7 Å². The summed E-state index contributed by atoms with van der Waals surface area (Å²) < 4.78 is 18.4. The van der Waals surface area contributed by atoms with Crippen LogP contribution in [-0.4, -0.2) is 6.61 Å². The molecule has 0 bridgehead atoms. The summed E-state index contributed by atoms with van der Waals surface area (Å²) in [6, 6.07) is 6.37. The summed E-state index contributed by atoms with van der Waals surface area (Å²) in [6.07, 6.45) is 2.03. The molecule has 1 aromatic carbocycles. The zero-order valence-electron chi connectivity index (χ0n) is 8.37. The third kappa shape index (κ3) is 3.86. The molecule has 0 aliphatic carbocycles. The van der Waals surface area contributed by atoms with Gasteiger partial charge in [-0.1, -0.05) is 0 Å². The lowest BCUT2D eigenvalue weighted by Gasteiger charge is -2.06. The first-order valence-electron chi connectivity index (χ1n) is 4.79. The molecule has 15 heavy (non-hydrogen) atoms. The lowest BCUT2D eigenvalue weighted by molar-refractivity contribution is 0.293. The SMILES string of the molecule is N#CCCCCOc1ccc(N)cc1F. The van der Waals surface area contributed by atoms with E-state index in [9.17, 15) is 4.39 Å². The number of anilines is 1. The normalized spacial score (nSPS) is 9.60. The maximum absolute atomic E-state index is 13.2. The number of nitrogens with zero attached hydrogens (tertiary/aromatic N) is 1. The molecule has 0 amide bonds. The Morgan fingerprint density at radius 1 is 1.40 bits per heavy atom. The highest BCUT2D eigenvalue weighted by Crippen LogP contribution is 2.19. The van der Waals surface area contributed by atoms with Crippen LogP contribution in [0.2, 0.25) is 0 Å². The van der Waals surface area contributed by atoms with Crippen molar-refractivity contribution in [3.63, 3.8) is 0 Å². The van der Waals surface area contributed by atoms with Crippen molar-refractivity contribution in [2.24, 2.45) is 0 Å². The highest BCUT2D eigenvalue weighted by molar-refractivity contribution is 5.42. The molecule has 0 fully saturated rings. The Balaban J connectivity index is 2.35. The Hall–Kier alpha value is -1.76. The van der Waals surface area contributed by atoms with Crippen LogP contribution in [0.15, 0.2) is 18.2 Å². The Bertz CT molecular complexity index is 360. The third-order valence-electron chi connectivity index (χ3n) is 1.90. The first-order chi connectivity index (χ1) is 7.24. The number of hydrogen-bond donors (Lipinski definition) is 1. The van der Waals surface area contributed by atoms with E-state index in [1.54, 1.807) is 6.07 Å². The predicted octanol–water partition coefficient (Wildman–Crippen LogP) is 2.48. The second-order valence-corrected chi connectivity index (χ2v) is 3.15. The molecule has 0 aliphatic heterocycles. The van der Waals surface area contributed by atoms with Crippen LogP contribution in [-0.2, 0) is 0 Å². The van der Waals surface area contributed by atoms with Crippen LogP contribution in [0.5, 0.6) is 5.75 Å².